The summed E-state index contributed by atoms with van der Waals surface area (Å²) in [7, 11) is 2.13. The van der Waals surface area contributed by atoms with Crippen LogP contribution in [-0.2, 0) is 11.2 Å². The van der Waals surface area contributed by atoms with Crippen LogP contribution in [-0.4, -0.2) is 43.0 Å². The lowest BCUT2D eigenvalue weighted by Crippen LogP contribution is -2.41. The van der Waals surface area contributed by atoms with Gasteiger partial charge in [0.2, 0.25) is 5.91 Å². The number of amides is 1. The highest BCUT2D eigenvalue weighted by atomic mass is 16.2. The molecule has 1 aliphatic heterocycles. The fraction of sp³-hybridized carbons (Fsp3) is 0.533. The van der Waals surface area contributed by atoms with E-state index in [1.807, 2.05) is 18.2 Å². The van der Waals surface area contributed by atoms with Gasteiger partial charge in [0.05, 0.1) is 0 Å². The third kappa shape index (κ3) is 2.89. The summed E-state index contributed by atoms with van der Waals surface area (Å²) < 4.78 is 0. The number of likely N-dealkylation sites (N-methyl/N-ethyl adjacent to an activating group) is 1. The Bertz CT molecular complexity index is 445. The third-order valence-corrected chi connectivity index (χ3v) is 4.02. The summed E-state index contributed by atoms with van der Waals surface area (Å²) in [6.07, 6.45) is 3.41. The molecule has 2 aliphatic rings. The molecule has 2 N–H and O–H groups in total. The van der Waals surface area contributed by atoms with Crippen molar-refractivity contribution in [3.05, 3.63) is 29.8 Å². The molecule has 1 aromatic rings. The lowest BCUT2D eigenvalue weighted by molar-refractivity contribution is -0.121. The Labute approximate surface area is 114 Å². The number of fused-ring (bicyclic) bond motifs is 1. The topological polar surface area (TPSA) is 44.4 Å². The molecule has 1 atom stereocenters. The van der Waals surface area contributed by atoms with Crippen LogP contribution in [0.5, 0.6) is 0 Å². The van der Waals surface area contributed by atoms with E-state index in [2.05, 4.69) is 28.6 Å². The standard InChI is InChI=1S/C15H21N3O/c1-18(12-6-7-12)9-8-16-15(19)14-10-11-4-2-3-5-13(11)17-14/h2-5,12,14,17H,6-10H2,1H3,(H,16,19). The van der Waals surface area contributed by atoms with Gasteiger partial charge in [0.25, 0.3) is 0 Å². The van der Waals surface area contributed by atoms with E-state index in [9.17, 15) is 4.79 Å². The predicted octanol–water partition coefficient (Wildman–Crippen LogP) is 1.23. The number of nitrogens with one attached hydrogen (secondary N) is 2. The van der Waals surface area contributed by atoms with E-state index in [-0.39, 0.29) is 11.9 Å². The van der Waals surface area contributed by atoms with Crippen LogP contribution in [0.4, 0.5) is 5.69 Å². The molecule has 1 fully saturated rings. The summed E-state index contributed by atoms with van der Waals surface area (Å²) in [6, 6.07) is 8.77. The highest BCUT2D eigenvalue weighted by molar-refractivity contribution is 5.87. The van der Waals surface area contributed by atoms with Gasteiger partial charge in [0.1, 0.15) is 6.04 Å². The van der Waals surface area contributed by atoms with Gasteiger partial charge in [-0.3, -0.25) is 4.79 Å². The van der Waals surface area contributed by atoms with Gasteiger partial charge in [-0.25, -0.2) is 0 Å². The van der Waals surface area contributed by atoms with Gasteiger partial charge >= 0.3 is 0 Å². The van der Waals surface area contributed by atoms with Gasteiger partial charge in [-0.15, -0.1) is 0 Å². The zero-order valence-corrected chi connectivity index (χ0v) is 11.4. The van der Waals surface area contributed by atoms with Gasteiger partial charge in [-0.2, -0.15) is 0 Å². The number of hydrogen-bond donors (Lipinski definition) is 2. The second-order valence-electron chi connectivity index (χ2n) is 5.56. The molecule has 0 aromatic heterocycles. The molecule has 0 bridgehead atoms. The third-order valence-electron chi connectivity index (χ3n) is 4.02. The van der Waals surface area contributed by atoms with Gasteiger partial charge in [0.15, 0.2) is 0 Å². The number of hydrogen-bond acceptors (Lipinski definition) is 3. The second-order valence-corrected chi connectivity index (χ2v) is 5.56. The smallest absolute Gasteiger partial charge is 0.242 e. The second kappa shape index (κ2) is 5.21. The van der Waals surface area contributed by atoms with E-state index in [1.165, 1.54) is 18.4 Å². The molecule has 3 rings (SSSR count). The first-order valence-corrected chi connectivity index (χ1v) is 7.06. The maximum absolute atomic E-state index is 12.1. The SMILES string of the molecule is CN(CCNC(=O)C1Cc2ccccc2N1)C1CC1. The van der Waals surface area contributed by atoms with E-state index in [4.69, 9.17) is 0 Å². The number of para-hydroxylation sites is 1. The summed E-state index contributed by atoms with van der Waals surface area (Å²) in [6.45, 7) is 1.68. The molecular formula is C15H21N3O. The van der Waals surface area contributed by atoms with Crippen molar-refractivity contribution in [2.24, 2.45) is 0 Å². The minimum Gasteiger partial charge on any atom is -0.373 e. The average Bonchev–Trinajstić information content (AvgIpc) is 3.17. The lowest BCUT2D eigenvalue weighted by atomic mass is 10.1. The fourth-order valence-electron chi connectivity index (χ4n) is 2.63. The quantitative estimate of drug-likeness (QED) is 0.836. The monoisotopic (exact) mass is 259 g/mol. The Balaban J connectivity index is 1.44. The van der Waals surface area contributed by atoms with Crippen molar-refractivity contribution in [2.45, 2.75) is 31.3 Å². The van der Waals surface area contributed by atoms with E-state index in [0.29, 0.717) is 0 Å². The average molecular weight is 259 g/mol. The zero-order valence-electron chi connectivity index (χ0n) is 11.4. The first kappa shape index (κ1) is 12.5. The summed E-state index contributed by atoms with van der Waals surface area (Å²) >= 11 is 0. The number of carbonyl (C=O) groups is 1. The highest BCUT2D eigenvalue weighted by Gasteiger charge is 2.27. The van der Waals surface area contributed by atoms with Crippen LogP contribution in [0, 0.1) is 0 Å². The predicted molar refractivity (Wildman–Crippen MR) is 76.2 cm³/mol. The summed E-state index contributed by atoms with van der Waals surface area (Å²) in [5.41, 5.74) is 2.33. The van der Waals surface area contributed by atoms with Crippen molar-refractivity contribution >= 4 is 11.6 Å². The Kier molecular flexibility index (Phi) is 3.42. The van der Waals surface area contributed by atoms with Crippen molar-refractivity contribution in [3.8, 4) is 0 Å². The lowest BCUT2D eigenvalue weighted by Gasteiger charge is -2.17. The van der Waals surface area contributed by atoms with Crippen molar-refractivity contribution < 1.29 is 4.79 Å². The Morgan fingerprint density at radius 3 is 2.95 bits per heavy atom. The Morgan fingerprint density at radius 2 is 2.21 bits per heavy atom. The maximum atomic E-state index is 12.1. The van der Waals surface area contributed by atoms with Crippen molar-refractivity contribution in [2.75, 3.05) is 25.5 Å². The van der Waals surface area contributed by atoms with Crippen LogP contribution in [0.25, 0.3) is 0 Å². The minimum atomic E-state index is -0.108. The van der Waals surface area contributed by atoms with Crippen LogP contribution in [0.1, 0.15) is 18.4 Å². The van der Waals surface area contributed by atoms with E-state index < -0.39 is 0 Å². The van der Waals surface area contributed by atoms with Crippen LogP contribution in [0.2, 0.25) is 0 Å². The minimum absolute atomic E-state index is 0.108. The van der Waals surface area contributed by atoms with Crippen LogP contribution < -0.4 is 10.6 Å². The first-order valence-electron chi connectivity index (χ1n) is 7.06. The molecule has 0 saturated heterocycles. The van der Waals surface area contributed by atoms with Gasteiger partial charge in [-0.1, -0.05) is 18.2 Å². The Hall–Kier alpha value is -1.55. The van der Waals surface area contributed by atoms with Crippen molar-refractivity contribution in [1.29, 1.82) is 0 Å². The van der Waals surface area contributed by atoms with Crippen LogP contribution in [0.15, 0.2) is 24.3 Å². The molecule has 0 spiro atoms. The van der Waals surface area contributed by atoms with Crippen molar-refractivity contribution in [1.82, 2.24) is 10.2 Å². The normalized spacial score (nSPS) is 21.1. The largest absolute Gasteiger partial charge is 0.373 e. The molecule has 1 unspecified atom stereocenters. The number of nitrogens with zero attached hydrogens (tertiary/aromatic N) is 1. The summed E-state index contributed by atoms with van der Waals surface area (Å²) in [4.78, 5) is 14.4. The molecule has 1 amide bonds. The number of anilines is 1. The summed E-state index contributed by atoms with van der Waals surface area (Å²) in [5.74, 6) is 0.111. The fourth-order valence-corrected chi connectivity index (χ4v) is 2.63. The number of rotatable bonds is 5. The molecule has 1 aromatic carbocycles. The molecule has 1 aliphatic carbocycles. The van der Waals surface area contributed by atoms with E-state index in [1.54, 1.807) is 0 Å². The van der Waals surface area contributed by atoms with E-state index >= 15 is 0 Å². The molecular weight excluding hydrogens is 238 g/mol. The summed E-state index contributed by atoms with van der Waals surface area (Å²) in [5, 5.41) is 6.31. The first-order chi connectivity index (χ1) is 9.24. The molecule has 19 heavy (non-hydrogen) atoms. The molecule has 102 valence electrons. The van der Waals surface area contributed by atoms with Crippen molar-refractivity contribution in [3.63, 3.8) is 0 Å². The van der Waals surface area contributed by atoms with Crippen LogP contribution >= 0.6 is 0 Å². The molecule has 0 radical (unpaired) electrons. The molecule has 1 saturated carbocycles. The van der Waals surface area contributed by atoms with Gasteiger partial charge in [0, 0.05) is 31.2 Å². The number of benzene rings is 1. The zero-order chi connectivity index (χ0) is 13.2. The molecule has 4 heteroatoms. The Morgan fingerprint density at radius 1 is 1.42 bits per heavy atom. The van der Waals surface area contributed by atoms with Gasteiger partial charge in [-0.05, 0) is 31.5 Å². The van der Waals surface area contributed by atoms with E-state index in [0.717, 1.165) is 31.2 Å². The highest BCUT2D eigenvalue weighted by Crippen LogP contribution is 2.25. The molecule has 4 nitrogen and oxygen atoms in total. The van der Waals surface area contributed by atoms with Crippen LogP contribution in [0.3, 0.4) is 0 Å². The maximum Gasteiger partial charge on any atom is 0.242 e. The van der Waals surface area contributed by atoms with Gasteiger partial charge < -0.3 is 15.5 Å². The molecule has 1 heterocycles. The number of carbonyl (C=O) groups excluding carboxylic acids is 1.